The molecule has 0 aromatic carbocycles. The van der Waals surface area contributed by atoms with Gasteiger partial charge in [0.25, 0.3) is 0 Å². The Morgan fingerprint density at radius 2 is 1.81 bits per heavy atom. The van der Waals surface area contributed by atoms with Gasteiger partial charge in [0.1, 0.15) is 5.60 Å². The van der Waals surface area contributed by atoms with Gasteiger partial charge in [0, 0.05) is 24.7 Å². The number of nitrogens with one attached hydrogen (secondary N) is 1. The molecular weight excluding hydrogens is 268 g/mol. The molecule has 5 heteroatoms. The highest BCUT2D eigenvalue weighted by molar-refractivity contribution is 5.69. The predicted molar refractivity (Wildman–Crippen MR) is 80.1 cm³/mol. The van der Waals surface area contributed by atoms with Gasteiger partial charge >= 0.3 is 6.09 Å². The minimum atomic E-state index is -0.660. The van der Waals surface area contributed by atoms with Crippen LogP contribution in [0.15, 0.2) is 0 Å². The lowest BCUT2D eigenvalue weighted by Gasteiger charge is -2.44. The largest absolute Gasteiger partial charge is 0.444 e. The van der Waals surface area contributed by atoms with Crippen LogP contribution in [0.5, 0.6) is 0 Å². The summed E-state index contributed by atoms with van der Waals surface area (Å²) in [5.74, 6) is 0. The number of carbonyl (C=O) groups is 1. The average Bonchev–Trinajstić information content (AvgIpc) is 3.11. The molecular formula is C16H28N2O3. The molecule has 21 heavy (non-hydrogen) atoms. The molecule has 0 radical (unpaired) electrons. The Kier molecular flexibility index (Phi) is 3.69. The summed E-state index contributed by atoms with van der Waals surface area (Å²) in [7, 11) is 0. The Labute approximate surface area is 127 Å². The second-order valence-electron chi connectivity index (χ2n) is 8.06. The van der Waals surface area contributed by atoms with Gasteiger partial charge in [-0.1, -0.05) is 0 Å². The van der Waals surface area contributed by atoms with Crippen molar-refractivity contribution in [2.45, 2.75) is 88.6 Å². The second-order valence-corrected chi connectivity index (χ2v) is 8.06. The lowest BCUT2D eigenvalue weighted by Crippen LogP contribution is -2.57. The number of aliphatic hydroxyl groups is 1. The van der Waals surface area contributed by atoms with Crippen LogP contribution in [0.2, 0.25) is 0 Å². The number of carbonyl (C=O) groups excluding carboxylic acids is 1. The first-order valence-corrected chi connectivity index (χ1v) is 8.23. The molecule has 2 saturated heterocycles. The molecule has 0 unspecified atom stereocenters. The number of nitrogens with zero attached hydrogens (tertiary/aromatic N) is 1. The summed E-state index contributed by atoms with van der Waals surface area (Å²) in [4.78, 5) is 14.3. The molecule has 3 fully saturated rings. The molecule has 1 aliphatic carbocycles. The minimum absolute atomic E-state index is 0.129. The van der Waals surface area contributed by atoms with Gasteiger partial charge in [-0.05, 0) is 59.3 Å². The molecule has 2 aliphatic heterocycles. The van der Waals surface area contributed by atoms with E-state index in [-0.39, 0.29) is 18.2 Å². The van der Waals surface area contributed by atoms with Crippen molar-refractivity contribution in [1.82, 2.24) is 10.2 Å². The van der Waals surface area contributed by atoms with Crippen LogP contribution >= 0.6 is 0 Å². The van der Waals surface area contributed by atoms with Gasteiger partial charge in [0.2, 0.25) is 0 Å². The van der Waals surface area contributed by atoms with Crippen LogP contribution in [0.1, 0.15) is 59.3 Å². The van der Waals surface area contributed by atoms with Crippen molar-refractivity contribution in [3.05, 3.63) is 0 Å². The fourth-order valence-corrected chi connectivity index (χ4v) is 3.70. The van der Waals surface area contributed by atoms with Gasteiger partial charge in [-0.25, -0.2) is 4.79 Å². The molecule has 0 aromatic rings. The Bertz CT molecular complexity index is 400. The first-order valence-electron chi connectivity index (χ1n) is 8.23. The Hall–Kier alpha value is -0.810. The van der Waals surface area contributed by atoms with E-state index >= 15 is 0 Å². The van der Waals surface area contributed by atoms with Crippen molar-refractivity contribution in [3.8, 4) is 0 Å². The fourth-order valence-electron chi connectivity index (χ4n) is 3.70. The van der Waals surface area contributed by atoms with Crippen molar-refractivity contribution in [2.24, 2.45) is 0 Å². The zero-order valence-corrected chi connectivity index (χ0v) is 13.4. The highest BCUT2D eigenvalue weighted by Crippen LogP contribution is 2.41. The van der Waals surface area contributed by atoms with Gasteiger partial charge < -0.3 is 20.1 Å². The third kappa shape index (κ3) is 3.51. The van der Waals surface area contributed by atoms with Crippen molar-refractivity contribution in [2.75, 3.05) is 6.54 Å². The summed E-state index contributed by atoms with van der Waals surface area (Å²) in [5, 5.41) is 14.3. The number of hydrogen-bond acceptors (Lipinski definition) is 4. The number of fused-ring (bicyclic) bond motifs is 2. The van der Waals surface area contributed by atoms with Crippen LogP contribution in [0.3, 0.4) is 0 Å². The smallest absolute Gasteiger partial charge is 0.410 e. The monoisotopic (exact) mass is 296 g/mol. The average molecular weight is 296 g/mol. The standard InChI is InChI=1S/C16H28N2O3/c1-15(2,3)21-14(19)18-12-6-7-13(18)9-16(20,8-12)10-17-11-4-5-11/h11-13,17,20H,4-10H2,1-3H3/t12-,13-/m0/s1. The highest BCUT2D eigenvalue weighted by Gasteiger charge is 2.50. The Balaban J connectivity index is 1.61. The minimum Gasteiger partial charge on any atom is -0.444 e. The summed E-state index contributed by atoms with van der Waals surface area (Å²) in [6.07, 6.45) is 5.54. The van der Waals surface area contributed by atoms with E-state index in [0.717, 1.165) is 12.8 Å². The van der Waals surface area contributed by atoms with Gasteiger partial charge in [-0.15, -0.1) is 0 Å². The molecule has 2 N–H and O–H groups in total. The number of piperidine rings is 1. The van der Waals surface area contributed by atoms with Crippen LogP contribution in [0.25, 0.3) is 0 Å². The summed E-state index contributed by atoms with van der Waals surface area (Å²) < 4.78 is 5.52. The number of rotatable bonds is 3. The third-order valence-electron chi connectivity index (χ3n) is 4.75. The molecule has 1 saturated carbocycles. The molecule has 2 atom stereocenters. The summed E-state index contributed by atoms with van der Waals surface area (Å²) in [6, 6.07) is 0.866. The predicted octanol–water partition coefficient (Wildman–Crippen LogP) is 2.03. The quantitative estimate of drug-likeness (QED) is 0.836. The van der Waals surface area contributed by atoms with E-state index in [1.807, 2.05) is 25.7 Å². The molecule has 3 rings (SSSR count). The molecule has 0 aromatic heterocycles. The number of ether oxygens (including phenoxy) is 1. The third-order valence-corrected chi connectivity index (χ3v) is 4.75. The molecule has 5 nitrogen and oxygen atoms in total. The van der Waals surface area contributed by atoms with E-state index in [4.69, 9.17) is 4.74 Å². The van der Waals surface area contributed by atoms with E-state index in [1.54, 1.807) is 0 Å². The molecule has 2 heterocycles. The SMILES string of the molecule is CC(C)(C)OC(=O)N1[C@H]2CC[C@H]1CC(O)(CNC1CC1)C2. The Morgan fingerprint density at radius 3 is 2.29 bits per heavy atom. The number of hydrogen-bond donors (Lipinski definition) is 2. The van der Waals surface area contributed by atoms with Crippen molar-refractivity contribution < 1.29 is 14.6 Å². The molecule has 120 valence electrons. The molecule has 2 bridgehead atoms. The maximum atomic E-state index is 12.4. The van der Waals surface area contributed by atoms with Crippen molar-refractivity contribution in [3.63, 3.8) is 0 Å². The van der Waals surface area contributed by atoms with Crippen molar-refractivity contribution in [1.29, 1.82) is 0 Å². The zero-order valence-electron chi connectivity index (χ0n) is 13.4. The van der Waals surface area contributed by atoms with E-state index in [9.17, 15) is 9.90 Å². The van der Waals surface area contributed by atoms with Crippen LogP contribution in [-0.4, -0.2) is 52.0 Å². The highest BCUT2D eigenvalue weighted by atomic mass is 16.6. The maximum Gasteiger partial charge on any atom is 0.410 e. The van der Waals surface area contributed by atoms with Crippen LogP contribution in [-0.2, 0) is 4.74 Å². The van der Waals surface area contributed by atoms with Gasteiger partial charge in [0.05, 0.1) is 5.60 Å². The second kappa shape index (κ2) is 5.13. The fraction of sp³-hybridized carbons (Fsp3) is 0.938. The van der Waals surface area contributed by atoms with Crippen LogP contribution in [0, 0.1) is 0 Å². The van der Waals surface area contributed by atoms with E-state index in [1.165, 1.54) is 12.8 Å². The first kappa shape index (κ1) is 15.1. The van der Waals surface area contributed by atoms with E-state index < -0.39 is 11.2 Å². The van der Waals surface area contributed by atoms with E-state index in [2.05, 4.69) is 5.32 Å². The van der Waals surface area contributed by atoms with E-state index in [0.29, 0.717) is 25.4 Å². The Morgan fingerprint density at radius 1 is 1.24 bits per heavy atom. The lowest BCUT2D eigenvalue weighted by molar-refractivity contribution is -0.0572. The zero-order chi connectivity index (χ0) is 15.3. The van der Waals surface area contributed by atoms with Gasteiger partial charge in [-0.3, -0.25) is 0 Å². The maximum absolute atomic E-state index is 12.4. The van der Waals surface area contributed by atoms with Crippen molar-refractivity contribution >= 4 is 6.09 Å². The summed E-state index contributed by atoms with van der Waals surface area (Å²) in [6.45, 7) is 6.35. The number of amides is 1. The van der Waals surface area contributed by atoms with Crippen LogP contribution < -0.4 is 5.32 Å². The van der Waals surface area contributed by atoms with Gasteiger partial charge in [-0.2, -0.15) is 0 Å². The molecule has 1 amide bonds. The van der Waals surface area contributed by atoms with Crippen LogP contribution in [0.4, 0.5) is 4.79 Å². The van der Waals surface area contributed by atoms with Gasteiger partial charge in [0.15, 0.2) is 0 Å². The molecule has 0 spiro atoms. The topological polar surface area (TPSA) is 61.8 Å². The molecule has 3 aliphatic rings. The lowest BCUT2D eigenvalue weighted by atomic mass is 9.86. The summed E-state index contributed by atoms with van der Waals surface area (Å²) >= 11 is 0. The normalized spacial score (nSPS) is 35.9. The first-order chi connectivity index (χ1) is 9.76. The summed E-state index contributed by atoms with van der Waals surface area (Å²) in [5.41, 5.74) is -1.12.